The summed E-state index contributed by atoms with van der Waals surface area (Å²) in [5.41, 5.74) is 0.0870. The molecule has 0 heterocycles. The van der Waals surface area contributed by atoms with Gasteiger partial charge < -0.3 is 10.2 Å². The van der Waals surface area contributed by atoms with E-state index in [1.807, 2.05) is 0 Å². The largest absolute Gasteiger partial charge is 0.311 e. The predicted octanol–water partition coefficient (Wildman–Crippen LogP) is 3.16. The number of hydrogen-bond donors (Lipinski definition) is 1. The molecule has 0 saturated heterocycles. The summed E-state index contributed by atoms with van der Waals surface area (Å²) in [7, 11) is 0. The molecule has 102 valence electrons. The third-order valence-corrected chi connectivity index (χ3v) is 3.55. The lowest BCUT2D eigenvalue weighted by Crippen LogP contribution is -2.32. The van der Waals surface area contributed by atoms with E-state index in [-0.39, 0.29) is 12.1 Å². The first kappa shape index (κ1) is 15.5. The van der Waals surface area contributed by atoms with E-state index in [0.717, 1.165) is 19.6 Å². The molecular formula is C13H19BrF2N2. The second-order valence-corrected chi connectivity index (χ2v) is 4.88. The highest BCUT2D eigenvalue weighted by Crippen LogP contribution is 2.21. The highest BCUT2D eigenvalue weighted by atomic mass is 79.9. The van der Waals surface area contributed by atoms with Gasteiger partial charge in [0, 0.05) is 25.2 Å². The molecule has 1 rings (SSSR count). The monoisotopic (exact) mass is 320 g/mol. The summed E-state index contributed by atoms with van der Waals surface area (Å²) in [5.74, 6) is -1.03. The topological polar surface area (TPSA) is 15.3 Å². The third-order valence-electron chi connectivity index (χ3n) is 2.94. The van der Waals surface area contributed by atoms with Crippen molar-refractivity contribution in [2.75, 3.05) is 26.2 Å². The van der Waals surface area contributed by atoms with Gasteiger partial charge in [-0.05, 0) is 41.2 Å². The van der Waals surface area contributed by atoms with E-state index in [1.165, 1.54) is 12.1 Å². The maximum atomic E-state index is 13.6. The van der Waals surface area contributed by atoms with Crippen molar-refractivity contribution in [2.24, 2.45) is 0 Å². The van der Waals surface area contributed by atoms with Crippen LogP contribution in [0.25, 0.3) is 0 Å². The highest BCUT2D eigenvalue weighted by molar-refractivity contribution is 9.10. The van der Waals surface area contributed by atoms with Crippen LogP contribution in [0.4, 0.5) is 8.78 Å². The van der Waals surface area contributed by atoms with Crippen molar-refractivity contribution < 1.29 is 8.78 Å². The molecule has 0 aliphatic rings. The summed E-state index contributed by atoms with van der Waals surface area (Å²) in [5, 5.41) is 3.07. The summed E-state index contributed by atoms with van der Waals surface area (Å²) in [4.78, 5) is 2.25. The maximum absolute atomic E-state index is 13.6. The van der Waals surface area contributed by atoms with Crippen LogP contribution in [-0.2, 0) is 6.54 Å². The Labute approximate surface area is 115 Å². The van der Waals surface area contributed by atoms with Crippen LogP contribution in [0.1, 0.15) is 19.4 Å². The molecule has 0 radical (unpaired) electrons. The third kappa shape index (κ3) is 4.30. The molecule has 0 spiro atoms. The summed E-state index contributed by atoms with van der Waals surface area (Å²) >= 11 is 3.06. The summed E-state index contributed by atoms with van der Waals surface area (Å²) in [6.07, 6.45) is 0. The molecule has 18 heavy (non-hydrogen) atoms. The number of halogens is 3. The van der Waals surface area contributed by atoms with E-state index in [9.17, 15) is 8.78 Å². The standard InChI is InChI=1S/C13H19BrF2N2/c1-3-18(4-2)8-7-17-9-10-12(15)6-5-11(14)13(10)16/h5-6,17H,3-4,7-9H2,1-2H3. The highest BCUT2D eigenvalue weighted by Gasteiger charge is 2.11. The van der Waals surface area contributed by atoms with Crippen LogP contribution in [0.2, 0.25) is 0 Å². The van der Waals surface area contributed by atoms with Gasteiger partial charge in [-0.1, -0.05) is 13.8 Å². The molecule has 5 heteroatoms. The molecule has 0 fully saturated rings. The van der Waals surface area contributed by atoms with E-state index in [1.54, 1.807) is 0 Å². The normalized spacial score (nSPS) is 11.2. The molecule has 2 nitrogen and oxygen atoms in total. The van der Waals surface area contributed by atoms with Crippen molar-refractivity contribution in [3.05, 3.63) is 33.8 Å². The van der Waals surface area contributed by atoms with Crippen molar-refractivity contribution in [1.82, 2.24) is 10.2 Å². The number of benzene rings is 1. The lowest BCUT2D eigenvalue weighted by molar-refractivity contribution is 0.301. The summed E-state index contributed by atoms with van der Waals surface area (Å²) in [6.45, 7) is 7.96. The van der Waals surface area contributed by atoms with Gasteiger partial charge in [0.15, 0.2) is 0 Å². The minimum absolute atomic E-state index is 0.0870. The Morgan fingerprint density at radius 3 is 2.50 bits per heavy atom. The molecular weight excluding hydrogens is 302 g/mol. The van der Waals surface area contributed by atoms with E-state index >= 15 is 0 Å². The zero-order chi connectivity index (χ0) is 13.5. The van der Waals surface area contributed by atoms with E-state index < -0.39 is 11.6 Å². The zero-order valence-electron chi connectivity index (χ0n) is 10.8. The van der Waals surface area contributed by atoms with Crippen LogP contribution in [0.15, 0.2) is 16.6 Å². The lowest BCUT2D eigenvalue weighted by Gasteiger charge is -2.18. The molecule has 1 aromatic rings. The molecule has 0 aromatic heterocycles. The van der Waals surface area contributed by atoms with Crippen LogP contribution in [-0.4, -0.2) is 31.1 Å². The first-order valence-electron chi connectivity index (χ1n) is 6.15. The molecule has 0 atom stereocenters. The van der Waals surface area contributed by atoms with Crippen molar-refractivity contribution in [2.45, 2.75) is 20.4 Å². The lowest BCUT2D eigenvalue weighted by atomic mass is 10.2. The van der Waals surface area contributed by atoms with E-state index in [4.69, 9.17) is 0 Å². The van der Waals surface area contributed by atoms with Gasteiger partial charge in [0.05, 0.1) is 4.47 Å². The van der Waals surface area contributed by atoms with Gasteiger partial charge >= 0.3 is 0 Å². The molecule has 0 aliphatic heterocycles. The average Bonchev–Trinajstić information content (AvgIpc) is 2.38. The molecule has 0 bridgehead atoms. The van der Waals surface area contributed by atoms with Gasteiger partial charge in [0.25, 0.3) is 0 Å². The fourth-order valence-corrected chi connectivity index (χ4v) is 2.09. The van der Waals surface area contributed by atoms with Gasteiger partial charge in [-0.2, -0.15) is 0 Å². The Bertz CT molecular complexity index is 381. The second kappa shape index (κ2) is 7.81. The fourth-order valence-electron chi connectivity index (χ4n) is 1.72. The molecule has 0 unspecified atom stereocenters. The second-order valence-electron chi connectivity index (χ2n) is 4.03. The van der Waals surface area contributed by atoms with E-state index in [0.29, 0.717) is 11.0 Å². The Morgan fingerprint density at radius 1 is 1.22 bits per heavy atom. The first-order chi connectivity index (χ1) is 8.60. The quantitative estimate of drug-likeness (QED) is 0.613. The number of rotatable bonds is 7. The molecule has 1 N–H and O–H groups in total. The Kier molecular flexibility index (Phi) is 6.75. The SMILES string of the molecule is CCN(CC)CCNCc1c(F)ccc(Br)c1F. The minimum atomic E-state index is -0.523. The van der Waals surface area contributed by atoms with Crippen molar-refractivity contribution in [1.29, 1.82) is 0 Å². The smallest absolute Gasteiger partial charge is 0.144 e. The number of nitrogens with zero attached hydrogens (tertiary/aromatic N) is 1. The van der Waals surface area contributed by atoms with Crippen LogP contribution in [0, 0.1) is 11.6 Å². The van der Waals surface area contributed by atoms with Gasteiger partial charge in [0.2, 0.25) is 0 Å². The van der Waals surface area contributed by atoms with Crippen LogP contribution < -0.4 is 5.32 Å². The predicted molar refractivity (Wildman–Crippen MR) is 73.6 cm³/mol. The number of hydrogen-bond acceptors (Lipinski definition) is 2. The van der Waals surface area contributed by atoms with Gasteiger partial charge in [0.1, 0.15) is 11.6 Å². The molecule has 0 amide bonds. The van der Waals surface area contributed by atoms with Crippen molar-refractivity contribution >= 4 is 15.9 Å². The van der Waals surface area contributed by atoms with Crippen LogP contribution in [0.5, 0.6) is 0 Å². The Hall–Kier alpha value is -0.520. The van der Waals surface area contributed by atoms with Crippen LogP contribution >= 0.6 is 15.9 Å². The maximum Gasteiger partial charge on any atom is 0.144 e. The van der Waals surface area contributed by atoms with Crippen molar-refractivity contribution in [3.8, 4) is 0 Å². The van der Waals surface area contributed by atoms with E-state index in [2.05, 4.69) is 40.0 Å². The number of likely N-dealkylation sites (N-methyl/N-ethyl adjacent to an activating group) is 1. The summed E-state index contributed by atoms with van der Waals surface area (Å²) < 4.78 is 27.4. The molecule has 0 aliphatic carbocycles. The average molecular weight is 321 g/mol. The first-order valence-corrected chi connectivity index (χ1v) is 6.94. The minimum Gasteiger partial charge on any atom is -0.311 e. The van der Waals surface area contributed by atoms with Gasteiger partial charge in [-0.15, -0.1) is 0 Å². The molecule has 1 aromatic carbocycles. The summed E-state index contributed by atoms with van der Waals surface area (Å²) in [6, 6.07) is 2.65. The van der Waals surface area contributed by atoms with Crippen molar-refractivity contribution in [3.63, 3.8) is 0 Å². The van der Waals surface area contributed by atoms with Gasteiger partial charge in [-0.3, -0.25) is 0 Å². The van der Waals surface area contributed by atoms with Crippen LogP contribution in [0.3, 0.4) is 0 Å². The van der Waals surface area contributed by atoms with Gasteiger partial charge in [-0.25, -0.2) is 8.78 Å². The Morgan fingerprint density at radius 2 is 1.89 bits per heavy atom. The Balaban J connectivity index is 2.47. The number of nitrogens with one attached hydrogen (secondary N) is 1. The fraction of sp³-hybridized carbons (Fsp3) is 0.538. The molecule has 0 saturated carbocycles. The zero-order valence-corrected chi connectivity index (χ0v) is 12.4.